The molecule has 0 spiro atoms. The van der Waals surface area contributed by atoms with E-state index in [1.165, 1.54) is 6.07 Å². The molecule has 1 nitrogen and oxygen atoms in total. The highest BCUT2D eigenvalue weighted by Crippen LogP contribution is 2.19. The highest BCUT2D eigenvalue weighted by Gasteiger charge is 2.08. The Balaban J connectivity index is 2.04. The molecule has 0 aliphatic heterocycles. The zero-order valence-corrected chi connectivity index (χ0v) is 12.0. The first-order valence-electron chi connectivity index (χ1n) is 5.99. The minimum atomic E-state index is -0.254. The minimum absolute atomic E-state index is 0.0806. The van der Waals surface area contributed by atoms with Crippen LogP contribution in [0.25, 0.3) is 0 Å². The van der Waals surface area contributed by atoms with Gasteiger partial charge in [0.2, 0.25) is 0 Å². The van der Waals surface area contributed by atoms with Gasteiger partial charge in [0.25, 0.3) is 0 Å². The molecule has 100 valence electrons. The van der Waals surface area contributed by atoms with Gasteiger partial charge in [-0.1, -0.05) is 35.3 Å². The van der Waals surface area contributed by atoms with E-state index in [0.717, 1.165) is 5.56 Å². The van der Waals surface area contributed by atoms with Crippen molar-refractivity contribution in [1.82, 2.24) is 5.32 Å². The first-order chi connectivity index (χ1) is 9.06. The molecule has 0 saturated heterocycles. The Kier molecular flexibility index (Phi) is 4.81. The van der Waals surface area contributed by atoms with Crippen LogP contribution in [0.4, 0.5) is 4.39 Å². The number of halogens is 3. The first kappa shape index (κ1) is 14.3. The van der Waals surface area contributed by atoms with Crippen molar-refractivity contribution in [3.63, 3.8) is 0 Å². The maximum atomic E-state index is 13.6. The van der Waals surface area contributed by atoms with E-state index < -0.39 is 0 Å². The van der Waals surface area contributed by atoms with E-state index in [1.54, 1.807) is 12.1 Å². The molecule has 0 amide bonds. The van der Waals surface area contributed by atoms with Gasteiger partial charge in [-0.15, -0.1) is 0 Å². The van der Waals surface area contributed by atoms with Crippen LogP contribution >= 0.6 is 23.2 Å². The second-order valence-electron chi connectivity index (χ2n) is 4.39. The molecular weight excluding hydrogens is 284 g/mol. The number of nitrogens with one attached hydrogen (secondary N) is 1. The van der Waals surface area contributed by atoms with Crippen molar-refractivity contribution in [2.75, 3.05) is 0 Å². The van der Waals surface area contributed by atoms with E-state index in [9.17, 15) is 4.39 Å². The zero-order chi connectivity index (χ0) is 13.8. The molecule has 0 heterocycles. The van der Waals surface area contributed by atoms with Crippen LogP contribution in [0.2, 0.25) is 10.0 Å². The van der Waals surface area contributed by atoms with Gasteiger partial charge in [-0.2, -0.15) is 0 Å². The monoisotopic (exact) mass is 297 g/mol. The summed E-state index contributed by atoms with van der Waals surface area (Å²) in [6.07, 6.45) is 0. The van der Waals surface area contributed by atoms with Crippen molar-refractivity contribution in [3.05, 3.63) is 69.5 Å². The highest BCUT2D eigenvalue weighted by atomic mass is 35.5. The first-order valence-corrected chi connectivity index (χ1v) is 6.74. The van der Waals surface area contributed by atoms with E-state index in [2.05, 4.69) is 5.32 Å². The summed E-state index contributed by atoms with van der Waals surface area (Å²) in [4.78, 5) is 0. The molecular formula is C15H14Cl2FN. The summed E-state index contributed by atoms with van der Waals surface area (Å²) in [6, 6.07) is 12.2. The van der Waals surface area contributed by atoms with Crippen LogP contribution in [0.15, 0.2) is 42.5 Å². The summed E-state index contributed by atoms with van der Waals surface area (Å²) < 4.78 is 13.6. The average Bonchev–Trinajstić information content (AvgIpc) is 2.39. The van der Waals surface area contributed by atoms with Gasteiger partial charge in [0.15, 0.2) is 0 Å². The third kappa shape index (κ3) is 3.93. The van der Waals surface area contributed by atoms with Crippen molar-refractivity contribution in [3.8, 4) is 0 Å². The summed E-state index contributed by atoms with van der Waals surface area (Å²) >= 11 is 11.8. The lowest BCUT2D eigenvalue weighted by Gasteiger charge is -2.15. The molecule has 0 unspecified atom stereocenters. The zero-order valence-electron chi connectivity index (χ0n) is 10.5. The van der Waals surface area contributed by atoms with E-state index in [-0.39, 0.29) is 11.9 Å². The van der Waals surface area contributed by atoms with E-state index in [1.807, 2.05) is 31.2 Å². The Bertz CT molecular complexity index is 572. The number of benzene rings is 2. The normalized spacial score (nSPS) is 12.4. The van der Waals surface area contributed by atoms with Crippen molar-refractivity contribution >= 4 is 23.2 Å². The Morgan fingerprint density at radius 2 is 1.84 bits per heavy atom. The minimum Gasteiger partial charge on any atom is -0.306 e. The maximum absolute atomic E-state index is 13.6. The van der Waals surface area contributed by atoms with Crippen LogP contribution in [0.1, 0.15) is 24.1 Å². The summed E-state index contributed by atoms with van der Waals surface area (Å²) in [5, 5.41) is 4.48. The summed E-state index contributed by atoms with van der Waals surface area (Å²) in [6.45, 7) is 2.42. The number of rotatable bonds is 4. The third-order valence-corrected chi connectivity index (χ3v) is 3.43. The molecule has 19 heavy (non-hydrogen) atoms. The third-order valence-electron chi connectivity index (χ3n) is 2.96. The van der Waals surface area contributed by atoms with Gasteiger partial charge in [-0.25, -0.2) is 4.39 Å². The molecule has 0 aliphatic rings. The number of hydrogen-bond acceptors (Lipinski definition) is 1. The molecule has 4 heteroatoms. The van der Waals surface area contributed by atoms with Crippen LogP contribution in [-0.2, 0) is 6.54 Å². The molecule has 0 aromatic heterocycles. The summed E-state index contributed by atoms with van der Waals surface area (Å²) in [7, 11) is 0. The van der Waals surface area contributed by atoms with Gasteiger partial charge in [-0.3, -0.25) is 0 Å². The Morgan fingerprint density at radius 3 is 2.58 bits per heavy atom. The Morgan fingerprint density at radius 1 is 1.11 bits per heavy atom. The lowest BCUT2D eigenvalue weighted by atomic mass is 10.1. The van der Waals surface area contributed by atoms with Crippen LogP contribution in [0, 0.1) is 5.82 Å². The van der Waals surface area contributed by atoms with Crippen molar-refractivity contribution in [2.45, 2.75) is 19.5 Å². The smallest absolute Gasteiger partial charge is 0.127 e. The fourth-order valence-electron chi connectivity index (χ4n) is 1.84. The fraction of sp³-hybridized carbons (Fsp3) is 0.200. The standard InChI is InChI=1S/C15H14Cl2FN/c1-10(11-3-2-4-13(16)7-11)19-9-12-8-14(17)5-6-15(12)18/h2-8,10,19H,9H2,1H3/t10-/m0/s1. The molecule has 0 bridgehead atoms. The van der Waals surface area contributed by atoms with Gasteiger partial charge in [0.1, 0.15) is 5.82 Å². The van der Waals surface area contributed by atoms with Gasteiger partial charge < -0.3 is 5.32 Å². The van der Waals surface area contributed by atoms with Crippen LogP contribution in [0.5, 0.6) is 0 Å². The lowest BCUT2D eigenvalue weighted by Crippen LogP contribution is -2.18. The SMILES string of the molecule is C[C@H](NCc1cc(Cl)ccc1F)c1cccc(Cl)c1. The topological polar surface area (TPSA) is 12.0 Å². The largest absolute Gasteiger partial charge is 0.306 e. The van der Waals surface area contributed by atoms with Gasteiger partial charge >= 0.3 is 0 Å². The summed E-state index contributed by atoms with van der Waals surface area (Å²) in [5.41, 5.74) is 1.62. The molecule has 2 aromatic carbocycles. The quantitative estimate of drug-likeness (QED) is 0.839. The van der Waals surface area contributed by atoms with E-state index in [0.29, 0.717) is 22.2 Å². The average molecular weight is 298 g/mol. The number of hydrogen-bond donors (Lipinski definition) is 1. The van der Waals surface area contributed by atoms with Crippen LogP contribution in [-0.4, -0.2) is 0 Å². The molecule has 2 aromatic rings. The maximum Gasteiger partial charge on any atom is 0.127 e. The molecule has 0 fully saturated rings. The van der Waals surface area contributed by atoms with Gasteiger partial charge in [0.05, 0.1) is 0 Å². The van der Waals surface area contributed by atoms with E-state index in [4.69, 9.17) is 23.2 Å². The van der Waals surface area contributed by atoms with Crippen LogP contribution in [0.3, 0.4) is 0 Å². The lowest BCUT2D eigenvalue weighted by molar-refractivity contribution is 0.544. The van der Waals surface area contributed by atoms with Crippen molar-refractivity contribution in [2.24, 2.45) is 0 Å². The fourth-order valence-corrected chi connectivity index (χ4v) is 2.23. The van der Waals surface area contributed by atoms with Crippen molar-refractivity contribution < 1.29 is 4.39 Å². The molecule has 0 radical (unpaired) electrons. The van der Waals surface area contributed by atoms with Crippen LogP contribution < -0.4 is 5.32 Å². The molecule has 1 atom stereocenters. The molecule has 1 N–H and O–H groups in total. The predicted molar refractivity (Wildman–Crippen MR) is 78.1 cm³/mol. The van der Waals surface area contributed by atoms with Crippen molar-refractivity contribution in [1.29, 1.82) is 0 Å². The molecule has 2 rings (SSSR count). The summed E-state index contributed by atoms with van der Waals surface area (Å²) in [5.74, 6) is -0.254. The van der Waals surface area contributed by atoms with E-state index >= 15 is 0 Å². The molecule has 0 saturated carbocycles. The second-order valence-corrected chi connectivity index (χ2v) is 5.27. The molecule has 0 aliphatic carbocycles. The highest BCUT2D eigenvalue weighted by molar-refractivity contribution is 6.30. The van der Waals surface area contributed by atoms with Gasteiger partial charge in [0, 0.05) is 28.2 Å². The second kappa shape index (κ2) is 6.38. The van der Waals surface area contributed by atoms with Gasteiger partial charge in [-0.05, 0) is 42.8 Å². The predicted octanol–water partition coefficient (Wildman–Crippen LogP) is 4.98. The Labute approximate surface area is 122 Å². The Hall–Kier alpha value is -1.09.